The van der Waals surface area contributed by atoms with Crippen LogP contribution < -0.4 is 21.7 Å². The molecule has 0 aromatic carbocycles. The number of likely N-dealkylation sites (N-methyl/N-ethyl adjacent to an activating group) is 1. The van der Waals surface area contributed by atoms with Crippen LogP contribution in [0.25, 0.3) is 0 Å². The minimum atomic E-state index is -1.09. The maximum Gasteiger partial charge on any atom is 0.316 e. The van der Waals surface area contributed by atoms with Crippen LogP contribution in [0, 0.1) is 33.0 Å². The van der Waals surface area contributed by atoms with E-state index in [4.69, 9.17) is 5.73 Å². The zero-order valence-corrected chi connectivity index (χ0v) is 33.7. The van der Waals surface area contributed by atoms with Crippen LogP contribution >= 0.6 is 0 Å². The summed E-state index contributed by atoms with van der Waals surface area (Å²) in [7, 11) is 2.10. The van der Waals surface area contributed by atoms with E-state index in [0.717, 1.165) is 57.9 Å². The third kappa shape index (κ3) is 6.64. The van der Waals surface area contributed by atoms with E-state index in [0.29, 0.717) is 32.5 Å². The molecule has 0 bridgehead atoms. The van der Waals surface area contributed by atoms with Crippen molar-refractivity contribution < 1.29 is 28.8 Å². The number of urea groups is 1. The predicted octanol–water partition coefficient (Wildman–Crippen LogP) is 2.95. The number of amides is 6. The molecule has 13 nitrogen and oxygen atoms in total. The maximum absolute atomic E-state index is 14.9. The molecular weight excluding hydrogens is 674 g/mol. The fourth-order valence-electron chi connectivity index (χ4n) is 10.7. The van der Waals surface area contributed by atoms with Crippen molar-refractivity contribution in [3.63, 3.8) is 0 Å². The van der Waals surface area contributed by atoms with Gasteiger partial charge < -0.3 is 31.5 Å². The molecule has 5 N–H and O–H groups in total. The molecular formula is C40H65N7O6. The fourth-order valence-corrected chi connectivity index (χ4v) is 10.7. The molecule has 3 spiro atoms. The Bertz CT molecular complexity index is 1530. The maximum atomic E-state index is 14.9. The van der Waals surface area contributed by atoms with Gasteiger partial charge in [0.05, 0.1) is 6.04 Å². The first-order chi connectivity index (χ1) is 24.5. The lowest BCUT2D eigenvalue weighted by Crippen LogP contribution is -2.64. The number of hydrogen-bond acceptors (Lipinski definition) is 7. The molecule has 6 rings (SSSR count). The van der Waals surface area contributed by atoms with Crippen molar-refractivity contribution >= 4 is 35.4 Å². The van der Waals surface area contributed by atoms with E-state index in [-0.39, 0.29) is 39.5 Å². The second kappa shape index (κ2) is 13.2. The summed E-state index contributed by atoms with van der Waals surface area (Å²) in [4.78, 5) is 88.0. The molecule has 6 fully saturated rings. The van der Waals surface area contributed by atoms with Crippen molar-refractivity contribution in [3.8, 4) is 0 Å². The molecule has 0 radical (unpaired) electrons. The first kappa shape index (κ1) is 39.5. The summed E-state index contributed by atoms with van der Waals surface area (Å²) in [6, 6.07) is -4.41. The smallest absolute Gasteiger partial charge is 0.316 e. The van der Waals surface area contributed by atoms with Crippen molar-refractivity contribution in [3.05, 3.63) is 0 Å². The number of carbonyl (C=O) groups is 6. The van der Waals surface area contributed by atoms with Crippen molar-refractivity contribution in [1.29, 1.82) is 0 Å². The van der Waals surface area contributed by atoms with Crippen molar-refractivity contribution in [2.24, 2.45) is 38.7 Å². The van der Waals surface area contributed by atoms with Crippen molar-refractivity contribution in [2.45, 2.75) is 149 Å². The van der Waals surface area contributed by atoms with Gasteiger partial charge in [0.2, 0.25) is 23.5 Å². The zero-order valence-electron chi connectivity index (χ0n) is 33.7. The third-order valence-electron chi connectivity index (χ3n) is 15.0. The van der Waals surface area contributed by atoms with Gasteiger partial charge in [-0.3, -0.25) is 28.9 Å². The van der Waals surface area contributed by atoms with E-state index >= 15 is 0 Å². The highest BCUT2D eigenvalue weighted by atomic mass is 16.2. The average molecular weight is 740 g/mol. The summed E-state index contributed by atoms with van der Waals surface area (Å²) < 4.78 is 0. The Labute approximate surface area is 315 Å². The summed E-state index contributed by atoms with van der Waals surface area (Å²) in [6.45, 7) is 18.2. The molecule has 6 aliphatic rings. The monoisotopic (exact) mass is 739 g/mol. The van der Waals surface area contributed by atoms with Gasteiger partial charge in [0.25, 0.3) is 5.91 Å². The van der Waals surface area contributed by atoms with E-state index in [1.165, 1.54) is 0 Å². The summed E-state index contributed by atoms with van der Waals surface area (Å²) in [5, 5.41) is 8.78. The van der Waals surface area contributed by atoms with Gasteiger partial charge in [-0.2, -0.15) is 0 Å². The van der Waals surface area contributed by atoms with Gasteiger partial charge >= 0.3 is 6.03 Å². The predicted molar refractivity (Wildman–Crippen MR) is 200 cm³/mol. The van der Waals surface area contributed by atoms with E-state index in [9.17, 15) is 28.8 Å². The van der Waals surface area contributed by atoms with E-state index in [2.05, 4.69) is 41.7 Å². The van der Waals surface area contributed by atoms with E-state index in [1.807, 2.05) is 46.4 Å². The highest BCUT2D eigenvalue weighted by Gasteiger charge is 2.85. The van der Waals surface area contributed by atoms with Crippen molar-refractivity contribution in [1.82, 2.24) is 30.7 Å². The van der Waals surface area contributed by atoms with Crippen LogP contribution in [0.4, 0.5) is 4.79 Å². The molecule has 4 aliphatic carbocycles. The molecule has 296 valence electrons. The van der Waals surface area contributed by atoms with Gasteiger partial charge in [-0.25, -0.2) is 4.79 Å². The lowest BCUT2D eigenvalue weighted by atomic mass is 9.73. The molecule has 5 atom stereocenters. The minimum absolute atomic E-state index is 0.0204. The summed E-state index contributed by atoms with van der Waals surface area (Å²) in [5.41, 5.74) is 3.71. The Morgan fingerprint density at radius 1 is 0.774 bits per heavy atom. The molecule has 2 saturated heterocycles. The molecule has 2 aliphatic heterocycles. The number of Topliss-reactive ketones (excluding diaryl/α,β-unsaturated/α-hetero) is 1. The van der Waals surface area contributed by atoms with Crippen LogP contribution in [0.1, 0.15) is 120 Å². The van der Waals surface area contributed by atoms with Crippen LogP contribution in [0.2, 0.25) is 0 Å². The van der Waals surface area contributed by atoms with E-state index in [1.54, 1.807) is 4.90 Å². The molecule has 2 heterocycles. The zero-order chi connectivity index (χ0) is 39.1. The van der Waals surface area contributed by atoms with E-state index < -0.39 is 58.6 Å². The summed E-state index contributed by atoms with van der Waals surface area (Å²) in [6.07, 6.45) is 8.91. The molecule has 53 heavy (non-hydrogen) atoms. The highest BCUT2D eigenvalue weighted by molar-refractivity contribution is 6.37. The average Bonchev–Trinajstić information content (AvgIpc) is 3.80. The highest BCUT2D eigenvalue weighted by Crippen LogP contribution is 2.88. The van der Waals surface area contributed by atoms with Crippen LogP contribution in [-0.4, -0.2) is 113 Å². The lowest BCUT2D eigenvalue weighted by molar-refractivity contribution is -0.143. The number of ketones is 1. The van der Waals surface area contributed by atoms with Crippen LogP contribution in [-0.2, 0) is 24.0 Å². The Balaban J connectivity index is 1.23. The number of nitrogens with one attached hydrogen (secondary N) is 3. The number of nitrogens with zero attached hydrogens (tertiary/aromatic N) is 3. The number of rotatable bonds is 10. The first-order valence-electron chi connectivity index (χ1n) is 20.0. The van der Waals surface area contributed by atoms with Gasteiger partial charge in [0.15, 0.2) is 0 Å². The van der Waals surface area contributed by atoms with Gasteiger partial charge in [0.1, 0.15) is 18.1 Å². The molecule has 6 amide bonds. The number of hydrogen-bond donors (Lipinski definition) is 4. The quantitative estimate of drug-likeness (QED) is 0.249. The van der Waals surface area contributed by atoms with Crippen LogP contribution in [0.3, 0.4) is 0 Å². The summed E-state index contributed by atoms with van der Waals surface area (Å²) in [5.74, 6) is -2.67. The SMILES string of the molecule is CN1CCN(C(=O)[C@@H](NC(=O)N[C@H](C(=O)N2C[C@]3(C[C@H]2C(=O)NC(CC2CCC2)C(=O)C(N)=O)C(C)(C)C32CCC2)C(C)(C)C)C(C)(C)C)CC12CC2. The molecule has 4 saturated carbocycles. The number of carbonyl (C=O) groups excluding carboxylic acids is 6. The Hall–Kier alpha value is -3.22. The second-order valence-corrected chi connectivity index (χ2v) is 20.3. The minimum Gasteiger partial charge on any atom is -0.363 e. The normalized spacial score (nSPS) is 28.7. The number of likely N-dealkylation sites (tertiary alicyclic amines) is 1. The number of nitrogens with two attached hydrogens (primary N) is 1. The summed E-state index contributed by atoms with van der Waals surface area (Å²) >= 11 is 0. The van der Waals surface area contributed by atoms with Gasteiger partial charge in [-0.05, 0) is 73.2 Å². The fraction of sp³-hybridized carbons (Fsp3) is 0.850. The van der Waals surface area contributed by atoms with Crippen LogP contribution in [0.15, 0.2) is 0 Å². The Morgan fingerprint density at radius 2 is 1.36 bits per heavy atom. The third-order valence-corrected chi connectivity index (χ3v) is 15.0. The lowest BCUT2D eigenvalue weighted by Gasteiger charge is -2.43. The van der Waals surface area contributed by atoms with Gasteiger partial charge in [0, 0.05) is 37.1 Å². The standard InChI is InChI=1S/C40H65N7O6/c1-35(2,3)28(32(51)46-19-18-45(9)38(22-46)16-17-38)43-34(53)44-29(36(4,5)6)33(52)47-23-40(37(7,8)39(40)14-11-15-39)21-26(47)31(50)42-25(27(48)30(41)49)20-24-12-10-13-24/h24-26,28-29H,10-23H2,1-9H3,(H2,41,49)(H,42,50)(H2,43,44,53)/t25?,26-,28+,29+,40+/m0/s1. The van der Waals surface area contributed by atoms with Gasteiger partial charge in [-0.15, -0.1) is 0 Å². The Kier molecular flexibility index (Phi) is 9.85. The second-order valence-electron chi connectivity index (χ2n) is 20.3. The molecule has 1 unspecified atom stereocenters. The van der Waals surface area contributed by atoms with Gasteiger partial charge in [-0.1, -0.05) is 81.1 Å². The topological polar surface area (TPSA) is 174 Å². The molecule has 0 aromatic heterocycles. The number of fused-ring (bicyclic) bond motifs is 1. The number of piperazine rings is 1. The number of primary amides is 1. The largest absolute Gasteiger partial charge is 0.363 e. The molecule has 0 aromatic rings. The molecule has 13 heteroatoms. The Morgan fingerprint density at radius 3 is 1.81 bits per heavy atom. The first-order valence-corrected chi connectivity index (χ1v) is 20.0. The van der Waals surface area contributed by atoms with Crippen LogP contribution in [0.5, 0.6) is 0 Å². The van der Waals surface area contributed by atoms with Crippen molar-refractivity contribution in [2.75, 3.05) is 33.2 Å².